The second-order valence-electron chi connectivity index (χ2n) is 5.05. The molecule has 3 aromatic rings. The molecule has 118 valence electrons. The Morgan fingerprint density at radius 1 is 1.00 bits per heavy atom. The molecule has 0 saturated carbocycles. The smallest absolute Gasteiger partial charge is 0.134 e. The topological polar surface area (TPSA) is 63.8 Å². The predicted molar refractivity (Wildman–Crippen MR) is 98.2 cm³/mol. The monoisotopic (exact) mass is 326 g/mol. The summed E-state index contributed by atoms with van der Waals surface area (Å²) in [6.45, 7) is 2.09. The Morgan fingerprint density at radius 3 is 2.48 bits per heavy atom. The Labute approximate surface area is 142 Å². The zero-order chi connectivity index (χ0) is 15.4. The van der Waals surface area contributed by atoms with Crippen LogP contribution in [0.4, 0.5) is 17.2 Å². The molecule has 0 bridgehead atoms. The molecule has 4 nitrogen and oxygen atoms in total. The molecular formula is C18H19ClN4. The van der Waals surface area contributed by atoms with Gasteiger partial charge in [0.15, 0.2) is 0 Å². The van der Waals surface area contributed by atoms with Gasteiger partial charge in [0, 0.05) is 23.0 Å². The molecule has 0 saturated heterocycles. The molecule has 0 amide bonds. The Balaban J connectivity index is 0.00000192. The number of aryl methyl sites for hydroxylation is 1. The fourth-order valence-corrected chi connectivity index (χ4v) is 2.33. The van der Waals surface area contributed by atoms with E-state index >= 15 is 0 Å². The minimum absolute atomic E-state index is 0. The molecule has 1 aromatic heterocycles. The lowest BCUT2D eigenvalue weighted by molar-refractivity contribution is 1.14. The number of nitrogens with zero attached hydrogens (tertiary/aromatic N) is 2. The molecule has 0 aliphatic heterocycles. The van der Waals surface area contributed by atoms with E-state index in [2.05, 4.69) is 22.2 Å². The number of halogens is 1. The van der Waals surface area contributed by atoms with Crippen molar-refractivity contribution in [3.8, 4) is 11.3 Å². The van der Waals surface area contributed by atoms with E-state index in [1.165, 1.54) is 0 Å². The average molecular weight is 327 g/mol. The SMILES string of the molecule is CCc1ccc(Nc2cc(-c3ccccc3)ncn2)cc1N.Cl. The van der Waals surface area contributed by atoms with Gasteiger partial charge in [0.25, 0.3) is 0 Å². The second-order valence-corrected chi connectivity index (χ2v) is 5.05. The van der Waals surface area contributed by atoms with Gasteiger partial charge in [-0.25, -0.2) is 9.97 Å². The van der Waals surface area contributed by atoms with Crippen molar-refractivity contribution < 1.29 is 0 Å². The number of hydrogen-bond acceptors (Lipinski definition) is 4. The van der Waals surface area contributed by atoms with Crippen LogP contribution in [0, 0.1) is 0 Å². The van der Waals surface area contributed by atoms with E-state index in [0.717, 1.165) is 40.4 Å². The van der Waals surface area contributed by atoms with Gasteiger partial charge in [-0.3, -0.25) is 0 Å². The van der Waals surface area contributed by atoms with Crippen LogP contribution in [0.5, 0.6) is 0 Å². The van der Waals surface area contributed by atoms with Gasteiger partial charge < -0.3 is 11.1 Å². The normalized spacial score (nSPS) is 9.96. The van der Waals surface area contributed by atoms with Gasteiger partial charge in [-0.1, -0.05) is 43.3 Å². The molecule has 0 aliphatic carbocycles. The third-order valence-corrected chi connectivity index (χ3v) is 3.54. The number of rotatable bonds is 4. The summed E-state index contributed by atoms with van der Waals surface area (Å²) in [5.41, 5.74) is 10.9. The van der Waals surface area contributed by atoms with Gasteiger partial charge in [0.2, 0.25) is 0 Å². The summed E-state index contributed by atoms with van der Waals surface area (Å²) in [5, 5.41) is 3.28. The van der Waals surface area contributed by atoms with Gasteiger partial charge >= 0.3 is 0 Å². The first-order valence-electron chi connectivity index (χ1n) is 7.29. The highest BCUT2D eigenvalue weighted by Crippen LogP contribution is 2.23. The molecular weight excluding hydrogens is 308 g/mol. The summed E-state index contributed by atoms with van der Waals surface area (Å²) in [4.78, 5) is 8.59. The van der Waals surface area contributed by atoms with Crippen LogP contribution in [0.1, 0.15) is 12.5 Å². The summed E-state index contributed by atoms with van der Waals surface area (Å²) in [6, 6.07) is 17.9. The average Bonchev–Trinajstić information content (AvgIpc) is 2.56. The van der Waals surface area contributed by atoms with Crippen LogP contribution in [0.15, 0.2) is 60.9 Å². The summed E-state index contributed by atoms with van der Waals surface area (Å²) < 4.78 is 0. The van der Waals surface area contributed by atoms with E-state index in [4.69, 9.17) is 5.73 Å². The van der Waals surface area contributed by atoms with E-state index in [1.54, 1.807) is 6.33 Å². The molecule has 2 aromatic carbocycles. The van der Waals surface area contributed by atoms with Gasteiger partial charge in [-0.05, 0) is 24.1 Å². The highest BCUT2D eigenvalue weighted by Gasteiger charge is 2.03. The third-order valence-electron chi connectivity index (χ3n) is 3.54. The number of benzene rings is 2. The molecule has 0 aliphatic rings. The Morgan fingerprint density at radius 2 is 1.78 bits per heavy atom. The van der Waals surface area contributed by atoms with Crippen molar-refractivity contribution in [3.05, 3.63) is 66.5 Å². The number of hydrogen-bond donors (Lipinski definition) is 2. The summed E-state index contributed by atoms with van der Waals surface area (Å²) in [6.07, 6.45) is 2.49. The molecule has 3 N–H and O–H groups in total. The lowest BCUT2D eigenvalue weighted by Gasteiger charge is -2.09. The third kappa shape index (κ3) is 3.99. The van der Waals surface area contributed by atoms with Crippen LogP contribution in [0.25, 0.3) is 11.3 Å². The van der Waals surface area contributed by atoms with E-state index in [1.807, 2.05) is 54.6 Å². The van der Waals surface area contributed by atoms with Crippen LogP contribution in [-0.2, 0) is 6.42 Å². The quantitative estimate of drug-likeness (QED) is 0.695. The fourth-order valence-electron chi connectivity index (χ4n) is 2.33. The second kappa shape index (κ2) is 7.61. The van der Waals surface area contributed by atoms with Crippen LogP contribution >= 0.6 is 12.4 Å². The van der Waals surface area contributed by atoms with E-state index in [9.17, 15) is 0 Å². The van der Waals surface area contributed by atoms with Crippen molar-refractivity contribution in [3.63, 3.8) is 0 Å². The van der Waals surface area contributed by atoms with Crippen LogP contribution in [0.2, 0.25) is 0 Å². The highest BCUT2D eigenvalue weighted by atomic mass is 35.5. The van der Waals surface area contributed by atoms with Crippen molar-refractivity contribution >= 4 is 29.6 Å². The summed E-state index contributed by atoms with van der Waals surface area (Å²) >= 11 is 0. The van der Waals surface area contributed by atoms with Crippen molar-refractivity contribution in [1.82, 2.24) is 9.97 Å². The maximum atomic E-state index is 6.03. The minimum atomic E-state index is 0. The highest BCUT2D eigenvalue weighted by molar-refractivity contribution is 5.85. The van der Waals surface area contributed by atoms with E-state index in [0.29, 0.717) is 0 Å². The Kier molecular flexibility index (Phi) is 5.55. The fraction of sp³-hybridized carbons (Fsp3) is 0.111. The Bertz CT molecular complexity index is 775. The van der Waals surface area contributed by atoms with Gasteiger partial charge in [-0.2, -0.15) is 0 Å². The van der Waals surface area contributed by atoms with Crippen molar-refractivity contribution in [1.29, 1.82) is 0 Å². The molecule has 0 unspecified atom stereocenters. The first-order valence-corrected chi connectivity index (χ1v) is 7.29. The summed E-state index contributed by atoms with van der Waals surface area (Å²) in [7, 11) is 0. The molecule has 0 radical (unpaired) electrons. The number of nitrogen functional groups attached to an aromatic ring is 1. The maximum Gasteiger partial charge on any atom is 0.134 e. The van der Waals surface area contributed by atoms with Crippen molar-refractivity contribution in [2.24, 2.45) is 0 Å². The zero-order valence-corrected chi connectivity index (χ0v) is 13.7. The van der Waals surface area contributed by atoms with E-state index in [-0.39, 0.29) is 12.4 Å². The molecule has 3 rings (SSSR count). The first kappa shape index (κ1) is 16.8. The predicted octanol–water partition coefficient (Wildman–Crippen LogP) is 4.45. The molecule has 23 heavy (non-hydrogen) atoms. The number of nitrogens with one attached hydrogen (secondary N) is 1. The largest absolute Gasteiger partial charge is 0.398 e. The van der Waals surface area contributed by atoms with Gasteiger partial charge in [-0.15, -0.1) is 12.4 Å². The number of nitrogens with two attached hydrogens (primary N) is 1. The van der Waals surface area contributed by atoms with E-state index < -0.39 is 0 Å². The summed E-state index contributed by atoms with van der Waals surface area (Å²) in [5.74, 6) is 0.748. The van der Waals surface area contributed by atoms with Gasteiger partial charge in [0.1, 0.15) is 12.1 Å². The lowest BCUT2D eigenvalue weighted by atomic mass is 10.1. The molecule has 5 heteroatoms. The van der Waals surface area contributed by atoms with Crippen LogP contribution in [0.3, 0.4) is 0 Å². The van der Waals surface area contributed by atoms with Crippen LogP contribution in [-0.4, -0.2) is 9.97 Å². The Hall–Kier alpha value is -2.59. The standard InChI is InChI=1S/C18H18N4.ClH/c1-2-13-8-9-15(10-16(13)19)22-18-11-17(20-12-21-18)14-6-4-3-5-7-14;/h3-12H,2,19H2,1H3,(H,20,21,22);1H. The molecule has 1 heterocycles. The minimum Gasteiger partial charge on any atom is -0.398 e. The van der Waals surface area contributed by atoms with Crippen molar-refractivity contribution in [2.45, 2.75) is 13.3 Å². The zero-order valence-electron chi connectivity index (χ0n) is 12.9. The van der Waals surface area contributed by atoms with Crippen LogP contribution < -0.4 is 11.1 Å². The van der Waals surface area contributed by atoms with Crippen molar-refractivity contribution in [2.75, 3.05) is 11.1 Å². The number of anilines is 3. The molecule has 0 atom stereocenters. The lowest BCUT2D eigenvalue weighted by Crippen LogP contribution is -1.98. The molecule has 0 fully saturated rings. The maximum absolute atomic E-state index is 6.03. The number of aromatic nitrogens is 2. The first-order chi connectivity index (χ1) is 10.8. The molecule has 0 spiro atoms. The van der Waals surface area contributed by atoms with Gasteiger partial charge in [0.05, 0.1) is 5.69 Å².